The highest BCUT2D eigenvalue weighted by Gasteiger charge is 2.28. The van der Waals surface area contributed by atoms with Crippen molar-refractivity contribution in [2.75, 3.05) is 13.3 Å². The molecule has 1 aliphatic heterocycles. The summed E-state index contributed by atoms with van der Waals surface area (Å²) in [5.74, 6) is -0.209. The van der Waals surface area contributed by atoms with Crippen LogP contribution in [0, 0.1) is 0 Å². The van der Waals surface area contributed by atoms with Gasteiger partial charge in [-0.1, -0.05) is 18.9 Å². The third kappa shape index (κ3) is 3.62. The van der Waals surface area contributed by atoms with Gasteiger partial charge in [0.25, 0.3) is 0 Å². The fraction of sp³-hybridized carbons (Fsp3) is 0.529. The summed E-state index contributed by atoms with van der Waals surface area (Å²) in [6, 6.07) is 5.17. The summed E-state index contributed by atoms with van der Waals surface area (Å²) < 4.78 is 10.5. The van der Waals surface area contributed by atoms with Crippen LogP contribution in [-0.4, -0.2) is 36.3 Å². The van der Waals surface area contributed by atoms with Gasteiger partial charge in [-0.05, 0) is 37.5 Å². The fourth-order valence-corrected chi connectivity index (χ4v) is 2.99. The zero-order valence-electron chi connectivity index (χ0n) is 13.6. The van der Waals surface area contributed by atoms with E-state index in [1.165, 1.54) is 0 Å². The number of hydrogen-bond acceptors (Lipinski definition) is 5. The fourth-order valence-electron chi connectivity index (χ4n) is 2.99. The van der Waals surface area contributed by atoms with Crippen LogP contribution >= 0.6 is 0 Å². The minimum atomic E-state index is -1.33. The normalized spacial score (nSPS) is 18.9. The number of hydrogen-bond donors (Lipinski definition) is 3. The van der Waals surface area contributed by atoms with Gasteiger partial charge >= 0.3 is 11.8 Å². The van der Waals surface area contributed by atoms with Crippen molar-refractivity contribution in [2.24, 2.45) is 0 Å². The number of rotatable bonds is 4. The molecule has 1 aliphatic carbocycles. The van der Waals surface area contributed by atoms with Gasteiger partial charge in [-0.3, -0.25) is 9.59 Å². The highest BCUT2D eigenvalue weighted by Crippen LogP contribution is 2.35. The minimum absolute atomic E-state index is 0.0798. The lowest BCUT2D eigenvalue weighted by Gasteiger charge is -2.24. The lowest BCUT2D eigenvalue weighted by molar-refractivity contribution is -0.140. The average molecular weight is 334 g/mol. The quantitative estimate of drug-likeness (QED) is 0.708. The van der Waals surface area contributed by atoms with Gasteiger partial charge in [0.05, 0.1) is 6.54 Å². The molecule has 0 bridgehead atoms. The molecule has 7 nitrogen and oxygen atoms in total. The van der Waals surface area contributed by atoms with Crippen molar-refractivity contribution in [3.8, 4) is 11.5 Å². The minimum Gasteiger partial charge on any atom is -0.454 e. The molecule has 1 unspecified atom stereocenters. The summed E-state index contributed by atoms with van der Waals surface area (Å²) in [6.45, 7) is 1.64. The SMILES string of the molecule is CC(O)(CNC(=O)C(=O)NC1CCCC1)c1ccc2c(c1)OCO2. The number of amides is 2. The molecule has 1 aromatic rings. The molecule has 3 rings (SSSR count). The smallest absolute Gasteiger partial charge is 0.309 e. The molecule has 1 heterocycles. The van der Waals surface area contributed by atoms with Crippen LogP contribution in [0.2, 0.25) is 0 Å². The second-order valence-electron chi connectivity index (χ2n) is 6.48. The molecule has 1 saturated carbocycles. The van der Waals surface area contributed by atoms with Crippen molar-refractivity contribution in [2.45, 2.75) is 44.2 Å². The Morgan fingerprint density at radius 2 is 1.92 bits per heavy atom. The molecule has 0 spiro atoms. The number of carbonyl (C=O) groups excluding carboxylic acids is 2. The Labute approximate surface area is 140 Å². The van der Waals surface area contributed by atoms with E-state index in [0.29, 0.717) is 17.1 Å². The zero-order chi connectivity index (χ0) is 17.2. The number of aliphatic hydroxyl groups is 1. The Hall–Kier alpha value is -2.28. The Kier molecular flexibility index (Phi) is 4.62. The molecule has 0 radical (unpaired) electrons. The zero-order valence-corrected chi connectivity index (χ0v) is 13.6. The molecular formula is C17H22N2O5. The van der Waals surface area contributed by atoms with Crippen molar-refractivity contribution in [1.29, 1.82) is 0 Å². The first-order valence-corrected chi connectivity index (χ1v) is 8.17. The Morgan fingerprint density at radius 3 is 2.67 bits per heavy atom. The highest BCUT2D eigenvalue weighted by molar-refractivity contribution is 6.35. The molecular weight excluding hydrogens is 312 g/mol. The lowest BCUT2D eigenvalue weighted by atomic mass is 9.95. The van der Waals surface area contributed by atoms with Crippen LogP contribution in [0.5, 0.6) is 11.5 Å². The first-order valence-electron chi connectivity index (χ1n) is 8.17. The van der Waals surface area contributed by atoms with Crippen LogP contribution in [-0.2, 0) is 15.2 Å². The third-order valence-corrected chi connectivity index (χ3v) is 4.48. The Balaban J connectivity index is 1.56. The van der Waals surface area contributed by atoms with E-state index in [4.69, 9.17) is 9.47 Å². The molecule has 130 valence electrons. The van der Waals surface area contributed by atoms with Gasteiger partial charge < -0.3 is 25.2 Å². The summed E-state index contributed by atoms with van der Waals surface area (Å²) in [6.07, 6.45) is 3.97. The molecule has 3 N–H and O–H groups in total. The van der Waals surface area contributed by atoms with Gasteiger partial charge in [-0.15, -0.1) is 0 Å². The van der Waals surface area contributed by atoms with E-state index < -0.39 is 17.4 Å². The summed E-state index contributed by atoms with van der Waals surface area (Å²) in [4.78, 5) is 23.8. The van der Waals surface area contributed by atoms with Crippen molar-refractivity contribution < 1.29 is 24.2 Å². The van der Waals surface area contributed by atoms with E-state index in [-0.39, 0.29) is 19.4 Å². The summed E-state index contributed by atoms with van der Waals surface area (Å²) in [7, 11) is 0. The molecule has 2 amide bonds. The summed E-state index contributed by atoms with van der Waals surface area (Å²) in [5.41, 5.74) is -0.757. The van der Waals surface area contributed by atoms with Crippen molar-refractivity contribution in [3.05, 3.63) is 23.8 Å². The van der Waals surface area contributed by atoms with Crippen molar-refractivity contribution >= 4 is 11.8 Å². The van der Waals surface area contributed by atoms with Gasteiger partial charge in [0, 0.05) is 6.04 Å². The van der Waals surface area contributed by atoms with Crippen LogP contribution in [0.25, 0.3) is 0 Å². The van der Waals surface area contributed by atoms with Gasteiger partial charge in [-0.25, -0.2) is 0 Å². The van der Waals surface area contributed by atoms with E-state index >= 15 is 0 Å². The monoisotopic (exact) mass is 334 g/mol. The van der Waals surface area contributed by atoms with Crippen molar-refractivity contribution in [1.82, 2.24) is 10.6 Å². The van der Waals surface area contributed by atoms with Gasteiger partial charge in [-0.2, -0.15) is 0 Å². The Bertz CT molecular complexity index is 638. The predicted molar refractivity (Wildman–Crippen MR) is 85.5 cm³/mol. The van der Waals surface area contributed by atoms with E-state index in [1.807, 2.05) is 0 Å². The number of nitrogens with one attached hydrogen (secondary N) is 2. The van der Waals surface area contributed by atoms with E-state index in [0.717, 1.165) is 25.7 Å². The maximum Gasteiger partial charge on any atom is 0.309 e. The Morgan fingerprint density at radius 1 is 1.21 bits per heavy atom. The van der Waals surface area contributed by atoms with E-state index in [1.54, 1.807) is 25.1 Å². The number of benzene rings is 1. The topological polar surface area (TPSA) is 96.9 Å². The molecule has 0 saturated heterocycles. The van der Waals surface area contributed by atoms with Gasteiger partial charge in [0.2, 0.25) is 6.79 Å². The van der Waals surface area contributed by atoms with Crippen LogP contribution in [0.1, 0.15) is 38.2 Å². The number of fused-ring (bicyclic) bond motifs is 1. The van der Waals surface area contributed by atoms with Gasteiger partial charge in [0.1, 0.15) is 5.60 Å². The second kappa shape index (κ2) is 6.68. The lowest BCUT2D eigenvalue weighted by Crippen LogP contribution is -2.47. The molecule has 24 heavy (non-hydrogen) atoms. The molecule has 7 heteroatoms. The van der Waals surface area contributed by atoms with Crippen LogP contribution < -0.4 is 20.1 Å². The average Bonchev–Trinajstić information content (AvgIpc) is 3.22. The first kappa shape index (κ1) is 16.6. The summed E-state index contributed by atoms with van der Waals surface area (Å²) >= 11 is 0. The van der Waals surface area contributed by atoms with Crippen LogP contribution in [0.3, 0.4) is 0 Å². The van der Waals surface area contributed by atoms with E-state index in [2.05, 4.69) is 10.6 Å². The van der Waals surface area contributed by atoms with Gasteiger partial charge in [0.15, 0.2) is 11.5 Å². The second-order valence-corrected chi connectivity index (χ2v) is 6.48. The van der Waals surface area contributed by atoms with Crippen LogP contribution in [0.4, 0.5) is 0 Å². The number of carbonyl (C=O) groups is 2. The molecule has 1 fully saturated rings. The highest BCUT2D eigenvalue weighted by atomic mass is 16.7. The largest absolute Gasteiger partial charge is 0.454 e. The third-order valence-electron chi connectivity index (χ3n) is 4.48. The van der Waals surface area contributed by atoms with E-state index in [9.17, 15) is 14.7 Å². The standard InChI is InChI=1S/C17H22N2O5/c1-17(22,11-6-7-13-14(8-11)24-10-23-13)9-18-15(20)16(21)19-12-4-2-3-5-12/h6-8,12,22H,2-5,9-10H2,1H3,(H,18,20)(H,19,21). The number of ether oxygens (including phenoxy) is 2. The molecule has 2 aliphatic rings. The van der Waals surface area contributed by atoms with Crippen LogP contribution in [0.15, 0.2) is 18.2 Å². The molecule has 0 aromatic heterocycles. The predicted octanol–water partition coefficient (Wildman–Crippen LogP) is 0.798. The molecule has 1 aromatic carbocycles. The maximum absolute atomic E-state index is 11.9. The molecule has 1 atom stereocenters. The van der Waals surface area contributed by atoms with Crippen molar-refractivity contribution in [3.63, 3.8) is 0 Å². The first-order chi connectivity index (χ1) is 11.5. The maximum atomic E-state index is 11.9. The summed E-state index contributed by atoms with van der Waals surface area (Å²) in [5, 5.41) is 15.8.